The van der Waals surface area contributed by atoms with E-state index in [0.717, 1.165) is 0 Å². The Hall–Kier alpha value is -0.530. The molecule has 0 aromatic carbocycles. The van der Waals surface area contributed by atoms with E-state index in [4.69, 9.17) is 0 Å². The topological polar surface area (TPSA) is 6.25 Å². The van der Waals surface area contributed by atoms with Crippen molar-refractivity contribution < 1.29 is 4.58 Å². The van der Waals surface area contributed by atoms with Gasteiger partial charge in [-0.2, -0.15) is 0 Å². The lowest BCUT2D eigenvalue weighted by atomic mass is 10.1. The Balaban J connectivity index is 1.45. The molecule has 0 N–H and O–H groups in total. The van der Waals surface area contributed by atoms with Gasteiger partial charge in [0.25, 0.3) is 0 Å². The van der Waals surface area contributed by atoms with Crippen molar-refractivity contribution in [2.24, 2.45) is 0 Å². The van der Waals surface area contributed by atoms with E-state index >= 15 is 0 Å². The van der Waals surface area contributed by atoms with E-state index in [2.05, 4.69) is 16.4 Å². The second-order valence-corrected chi connectivity index (χ2v) is 8.44. The van der Waals surface area contributed by atoms with Gasteiger partial charge in [0.05, 0.1) is 26.2 Å². The van der Waals surface area contributed by atoms with Gasteiger partial charge in [-0.1, -0.05) is 71.1 Å². The van der Waals surface area contributed by atoms with Crippen molar-refractivity contribution in [3.05, 3.63) is 0 Å². The summed E-state index contributed by atoms with van der Waals surface area (Å²) in [6.07, 6.45) is 24.4. The molecule has 2 aliphatic heterocycles. The third-order valence-electron chi connectivity index (χ3n) is 6.20. The second-order valence-electron chi connectivity index (χ2n) is 8.44. The molecule has 0 atom stereocenters. The molecular formula is C23H45N2+. The maximum Gasteiger partial charge on any atom is 0.246 e. The number of hydrogen-bond donors (Lipinski definition) is 0. The molecule has 0 aliphatic carbocycles. The first kappa shape index (κ1) is 20.8. The number of hydrogen-bond acceptors (Lipinski definition) is 1. The van der Waals surface area contributed by atoms with Gasteiger partial charge in [-0.25, -0.2) is 0 Å². The minimum Gasteiger partial charge on any atom is -0.266 e. The molecule has 0 bridgehead atoms. The van der Waals surface area contributed by atoms with Crippen molar-refractivity contribution in [3.8, 4) is 0 Å². The van der Waals surface area contributed by atoms with Crippen LogP contribution in [0.2, 0.25) is 0 Å². The van der Waals surface area contributed by atoms with Gasteiger partial charge in [0.15, 0.2) is 0 Å². The minimum atomic E-state index is 1.32. The average Bonchev–Trinajstić information content (AvgIpc) is 2.88. The molecule has 0 saturated carbocycles. The number of amidine groups is 1. The van der Waals surface area contributed by atoms with Crippen molar-refractivity contribution in [3.63, 3.8) is 0 Å². The number of nitrogens with zero attached hydrogens (tertiary/aromatic N) is 2. The van der Waals surface area contributed by atoms with E-state index < -0.39 is 0 Å². The zero-order chi connectivity index (χ0) is 17.6. The molecule has 0 saturated heterocycles. The summed E-state index contributed by atoms with van der Waals surface area (Å²) >= 11 is 0. The smallest absolute Gasteiger partial charge is 0.246 e. The molecule has 0 fully saturated rings. The zero-order valence-corrected chi connectivity index (χ0v) is 17.2. The minimum absolute atomic E-state index is 1.32. The van der Waals surface area contributed by atoms with Crippen LogP contribution in [0.5, 0.6) is 0 Å². The van der Waals surface area contributed by atoms with E-state index in [1.807, 2.05) is 0 Å². The van der Waals surface area contributed by atoms with Crippen LogP contribution in [0.25, 0.3) is 0 Å². The highest BCUT2D eigenvalue weighted by Crippen LogP contribution is 2.16. The summed E-state index contributed by atoms with van der Waals surface area (Å²) in [4.78, 5) is 2.74. The molecule has 0 amide bonds. The van der Waals surface area contributed by atoms with Crippen molar-refractivity contribution in [2.45, 2.75) is 116 Å². The molecule has 0 spiro atoms. The van der Waals surface area contributed by atoms with Gasteiger partial charge in [-0.3, -0.25) is 9.48 Å². The van der Waals surface area contributed by atoms with Gasteiger partial charge < -0.3 is 0 Å². The lowest BCUT2D eigenvalue weighted by molar-refractivity contribution is -0.539. The van der Waals surface area contributed by atoms with Gasteiger partial charge in [-0.15, -0.1) is 0 Å². The molecule has 2 rings (SSSR count). The Kier molecular flexibility index (Phi) is 11.3. The van der Waals surface area contributed by atoms with Gasteiger partial charge in [0, 0.05) is 12.8 Å². The van der Waals surface area contributed by atoms with E-state index in [0.29, 0.717) is 0 Å². The summed E-state index contributed by atoms with van der Waals surface area (Å²) in [5, 5.41) is 0. The fourth-order valence-electron chi connectivity index (χ4n) is 4.61. The highest BCUT2D eigenvalue weighted by Gasteiger charge is 2.27. The summed E-state index contributed by atoms with van der Waals surface area (Å²) in [5.74, 6) is 1.70. The highest BCUT2D eigenvalue weighted by atomic mass is 15.3. The largest absolute Gasteiger partial charge is 0.266 e. The molecule has 2 aliphatic rings. The Bertz CT molecular complexity index is 361. The molecule has 0 unspecified atom stereocenters. The van der Waals surface area contributed by atoms with E-state index in [1.54, 1.807) is 5.84 Å². The van der Waals surface area contributed by atoms with Gasteiger partial charge in [-0.05, 0) is 32.1 Å². The number of unbranched alkanes of at least 4 members (excludes halogenated alkanes) is 11. The lowest BCUT2D eigenvalue weighted by Gasteiger charge is -2.26. The van der Waals surface area contributed by atoms with Gasteiger partial charge in [0.1, 0.15) is 0 Å². The van der Waals surface area contributed by atoms with Gasteiger partial charge >= 0.3 is 0 Å². The Morgan fingerprint density at radius 1 is 0.680 bits per heavy atom. The average molecular weight is 350 g/mol. The first-order valence-electron chi connectivity index (χ1n) is 11.8. The van der Waals surface area contributed by atoms with Crippen LogP contribution in [-0.4, -0.2) is 41.5 Å². The summed E-state index contributed by atoms with van der Waals surface area (Å²) < 4.78 is 2.71. The summed E-state index contributed by atoms with van der Waals surface area (Å²) in [6.45, 7) is 7.60. The molecule has 2 nitrogen and oxygen atoms in total. The van der Waals surface area contributed by atoms with E-state index in [9.17, 15) is 0 Å². The fourth-order valence-corrected chi connectivity index (χ4v) is 4.61. The van der Waals surface area contributed by atoms with E-state index in [1.165, 1.54) is 135 Å². The molecule has 2 heteroatoms. The molecule has 146 valence electrons. The summed E-state index contributed by atoms with van der Waals surface area (Å²) in [6, 6.07) is 0. The molecule has 0 radical (unpaired) electrons. The van der Waals surface area contributed by atoms with Crippen molar-refractivity contribution in [2.75, 3.05) is 26.2 Å². The zero-order valence-electron chi connectivity index (χ0n) is 17.2. The van der Waals surface area contributed by atoms with Crippen molar-refractivity contribution in [1.82, 2.24) is 4.90 Å². The Morgan fingerprint density at radius 3 is 1.96 bits per heavy atom. The Morgan fingerprint density at radius 2 is 1.28 bits per heavy atom. The quantitative estimate of drug-likeness (QED) is 0.276. The molecule has 0 aromatic rings. The lowest BCUT2D eigenvalue weighted by Crippen LogP contribution is -2.44. The van der Waals surface area contributed by atoms with Crippen LogP contribution < -0.4 is 0 Å². The highest BCUT2D eigenvalue weighted by molar-refractivity contribution is 5.77. The predicted molar refractivity (Wildman–Crippen MR) is 111 cm³/mol. The van der Waals surface area contributed by atoms with Crippen LogP contribution >= 0.6 is 0 Å². The second kappa shape index (κ2) is 13.6. The van der Waals surface area contributed by atoms with Crippen LogP contribution in [0.1, 0.15) is 116 Å². The summed E-state index contributed by atoms with van der Waals surface area (Å²) in [7, 11) is 0. The normalized spacial score (nSPS) is 18.4. The first-order valence-corrected chi connectivity index (χ1v) is 11.8. The van der Waals surface area contributed by atoms with Crippen LogP contribution in [0.15, 0.2) is 0 Å². The van der Waals surface area contributed by atoms with Gasteiger partial charge in [0.2, 0.25) is 5.84 Å². The molecule has 25 heavy (non-hydrogen) atoms. The predicted octanol–water partition coefficient (Wildman–Crippen LogP) is 6.38. The third kappa shape index (κ3) is 8.60. The first-order chi connectivity index (χ1) is 12.4. The molecule has 0 aromatic heterocycles. The monoisotopic (exact) mass is 349 g/mol. The van der Waals surface area contributed by atoms with Crippen LogP contribution in [0, 0.1) is 0 Å². The van der Waals surface area contributed by atoms with Crippen molar-refractivity contribution >= 4 is 5.84 Å². The molecule has 2 heterocycles. The van der Waals surface area contributed by atoms with Crippen LogP contribution in [0.3, 0.4) is 0 Å². The van der Waals surface area contributed by atoms with Crippen LogP contribution in [0.4, 0.5) is 0 Å². The standard InChI is InChI=1S/C23H45N2/c1-2-3-4-5-6-7-8-9-10-11-12-15-19-24-21-17-22-25-20-16-13-14-18-23(24)25/h2-22H2,1H3/q+1. The maximum atomic E-state index is 2.74. The van der Waals surface area contributed by atoms with Crippen LogP contribution in [-0.2, 0) is 0 Å². The number of rotatable bonds is 13. The van der Waals surface area contributed by atoms with Crippen molar-refractivity contribution in [1.29, 1.82) is 0 Å². The maximum absolute atomic E-state index is 2.74. The third-order valence-corrected chi connectivity index (χ3v) is 6.20. The molecular weight excluding hydrogens is 304 g/mol. The SMILES string of the molecule is CCCCCCCCCCCCCCN1CCC[N+]2=C1CCCCC2. The van der Waals surface area contributed by atoms with E-state index in [-0.39, 0.29) is 0 Å². The summed E-state index contributed by atoms with van der Waals surface area (Å²) in [5.41, 5.74) is 0. The Labute approximate surface area is 158 Å². The fraction of sp³-hybridized carbons (Fsp3) is 0.957.